The number of thiophene rings is 1. The van der Waals surface area contributed by atoms with Crippen LogP contribution in [0.3, 0.4) is 0 Å². The van der Waals surface area contributed by atoms with Crippen molar-refractivity contribution in [2.75, 3.05) is 44.2 Å². The minimum Gasteiger partial charge on any atom is -0.462 e. The van der Waals surface area contributed by atoms with E-state index in [1.165, 1.54) is 11.3 Å². The van der Waals surface area contributed by atoms with Crippen molar-refractivity contribution < 1.29 is 9.53 Å². The first-order valence-corrected chi connectivity index (χ1v) is 9.29. The number of nitrogens with zero attached hydrogens (tertiary/aromatic N) is 4. The second-order valence-electron chi connectivity index (χ2n) is 5.97. The normalized spacial score (nSPS) is 15.9. The number of hydrogen-bond acceptors (Lipinski definition) is 7. The Hall–Kier alpha value is -1.73. The highest BCUT2D eigenvalue weighted by Gasteiger charge is 2.25. The highest BCUT2D eigenvalue weighted by molar-refractivity contribution is 7.20. The number of esters is 1. The number of fused-ring (bicyclic) bond motifs is 1. The summed E-state index contributed by atoms with van der Waals surface area (Å²) >= 11 is 1.41. The maximum Gasteiger partial charge on any atom is 0.348 e. The Bertz CT molecular complexity index is 751. The lowest BCUT2D eigenvalue weighted by Gasteiger charge is -2.35. The average Bonchev–Trinajstić information content (AvgIpc) is 2.91. The van der Waals surface area contributed by atoms with Gasteiger partial charge in [-0.25, -0.2) is 14.8 Å². The van der Waals surface area contributed by atoms with Gasteiger partial charge in [-0.15, -0.1) is 11.3 Å². The molecular weight excluding hydrogens is 324 g/mol. The van der Waals surface area contributed by atoms with Gasteiger partial charge in [-0.3, -0.25) is 0 Å². The molecule has 1 fully saturated rings. The minimum atomic E-state index is -0.266. The number of piperazine rings is 1. The summed E-state index contributed by atoms with van der Waals surface area (Å²) in [6.45, 7) is 13.3. The van der Waals surface area contributed by atoms with E-state index in [2.05, 4.69) is 21.7 Å². The molecule has 0 saturated carbocycles. The summed E-state index contributed by atoms with van der Waals surface area (Å²) < 4.78 is 5.19. The van der Waals surface area contributed by atoms with Crippen LogP contribution in [0.25, 0.3) is 10.2 Å². The highest BCUT2D eigenvalue weighted by atomic mass is 32.1. The average molecular weight is 348 g/mol. The fourth-order valence-corrected chi connectivity index (χ4v) is 4.23. The number of hydrogen-bond donors (Lipinski definition) is 0. The number of aromatic nitrogens is 2. The lowest BCUT2D eigenvalue weighted by Crippen LogP contribution is -2.46. The topological polar surface area (TPSA) is 58.6 Å². The van der Waals surface area contributed by atoms with Gasteiger partial charge in [0.05, 0.1) is 12.0 Å². The molecule has 1 aliphatic rings. The lowest BCUT2D eigenvalue weighted by atomic mass is 10.2. The van der Waals surface area contributed by atoms with Crippen molar-refractivity contribution in [1.82, 2.24) is 14.9 Å². The molecule has 24 heavy (non-hydrogen) atoms. The van der Waals surface area contributed by atoms with Crippen molar-refractivity contribution >= 4 is 33.3 Å². The van der Waals surface area contributed by atoms with E-state index in [-0.39, 0.29) is 5.97 Å². The summed E-state index contributed by atoms with van der Waals surface area (Å²) in [4.78, 5) is 27.7. The van der Waals surface area contributed by atoms with Crippen molar-refractivity contribution in [2.24, 2.45) is 0 Å². The third kappa shape index (κ3) is 3.10. The van der Waals surface area contributed by atoms with Gasteiger partial charge in [0.2, 0.25) is 0 Å². The van der Waals surface area contributed by atoms with Crippen LogP contribution in [0.5, 0.6) is 0 Å². The number of likely N-dealkylation sites (N-methyl/N-ethyl adjacent to an activating group) is 1. The summed E-state index contributed by atoms with van der Waals surface area (Å²) in [5.41, 5.74) is 0.932. The van der Waals surface area contributed by atoms with Crippen LogP contribution in [-0.4, -0.2) is 60.2 Å². The number of anilines is 1. The number of aryl methyl sites for hydroxylation is 2. The third-order valence-corrected chi connectivity index (χ3v) is 5.63. The van der Waals surface area contributed by atoms with E-state index >= 15 is 0 Å². The highest BCUT2D eigenvalue weighted by Crippen LogP contribution is 2.36. The summed E-state index contributed by atoms with van der Waals surface area (Å²) in [7, 11) is 0. The SMILES string of the molecule is CCOC(=O)c1sc2nc(C)nc(N3CCN(CC)CC3)c2c1C. The summed E-state index contributed by atoms with van der Waals surface area (Å²) in [5, 5.41) is 0.999. The molecule has 1 saturated heterocycles. The van der Waals surface area contributed by atoms with Crippen LogP contribution in [-0.2, 0) is 4.74 Å². The Morgan fingerprint density at radius 1 is 1.17 bits per heavy atom. The fourth-order valence-electron chi connectivity index (χ4n) is 3.12. The molecule has 0 aliphatic carbocycles. The van der Waals surface area contributed by atoms with Crippen molar-refractivity contribution in [3.8, 4) is 0 Å². The van der Waals surface area contributed by atoms with Gasteiger partial charge in [-0.05, 0) is 32.9 Å². The third-order valence-electron chi connectivity index (χ3n) is 4.46. The van der Waals surface area contributed by atoms with Crippen LogP contribution < -0.4 is 4.90 Å². The molecular formula is C17H24N4O2S. The van der Waals surface area contributed by atoms with Crippen molar-refractivity contribution in [3.63, 3.8) is 0 Å². The molecule has 6 nitrogen and oxygen atoms in total. The van der Waals surface area contributed by atoms with E-state index < -0.39 is 0 Å². The molecule has 0 unspecified atom stereocenters. The Morgan fingerprint density at radius 3 is 2.50 bits per heavy atom. The van der Waals surface area contributed by atoms with E-state index in [1.807, 2.05) is 20.8 Å². The standard InChI is InChI=1S/C17H24N4O2S/c1-5-20-7-9-21(10-8-20)15-13-11(3)14(17(22)23-6-2)24-16(13)19-12(4)18-15/h5-10H2,1-4H3. The molecule has 0 radical (unpaired) electrons. The molecule has 7 heteroatoms. The monoisotopic (exact) mass is 348 g/mol. The molecule has 0 bridgehead atoms. The zero-order valence-corrected chi connectivity index (χ0v) is 15.6. The second-order valence-corrected chi connectivity index (χ2v) is 6.97. The predicted molar refractivity (Wildman–Crippen MR) is 97.2 cm³/mol. The maximum atomic E-state index is 12.2. The molecule has 0 aromatic carbocycles. The summed E-state index contributed by atoms with van der Waals surface area (Å²) in [6, 6.07) is 0. The first kappa shape index (κ1) is 17.1. The molecule has 3 rings (SSSR count). The van der Waals surface area contributed by atoms with Crippen LogP contribution in [0.15, 0.2) is 0 Å². The molecule has 0 N–H and O–H groups in total. The lowest BCUT2D eigenvalue weighted by molar-refractivity contribution is 0.0531. The van der Waals surface area contributed by atoms with E-state index in [9.17, 15) is 4.79 Å². The molecule has 2 aromatic rings. The Labute approximate surface area is 146 Å². The van der Waals surface area contributed by atoms with Gasteiger partial charge in [0.25, 0.3) is 0 Å². The van der Waals surface area contributed by atoms with Crippen LogP contribution >= 0.6 is 11.3 Å². The van der Waals surface area contributed by atoms with Gasteiger partial charge in [-0.2, -0.15) is 0 Å². The van der Waals surface area contributed by atoms with Crippen LogP contribution in [0.2, 0.25) is 0 Å². The maximum absolute atomic E-state index is 12.2. The fraction of sp³-hybridized carbons (Fsp3) is 0.588. The van der Waals surface area contributed by atoms with E-state index in [4.69, 9.17) is 9.72 Å². The smallest absolute Gasteiger partial charge is 0.348 e. The van der Waals surface area contributed by atoms with Crippen LogP contribution in [0, 0.1) is 13.8 Å². The summed E-state index contributed by atoms with van der Waals surface area (Å²) in [5.74, 6) is 1.43. The zero-order chi connectivity index (χ0) is 17.3. The zero-order valence-electron chi connectivity index (χ0n) is 14.8. The predicted octanol–water partition coefficient (Wildman–Crippen LogP) is 2.63. The quantitative estimate of drug-likeness (QED) is 0.792. The number of carbonyl (C=O) groups excluding carboxylic acids is 1. The second kappa shape index (κ2) is 7.03. The van der Waals surface area contributed by atoms with Gasteiger partial charge >= 0.3 is 5.97 Å². The molecule has 3 heterocycles. The van der Waals surface area contributed by atoms with Crippen LogP contribution in [0.4, 0.5) is 5.82 Å². The Morgan fingerprint density at radius 2 is 1.88 bits per heavy atom. The largest absolute Gasteiger partial charge is 0.462 e. The first-order chi connectivity index (χ1) is 11.5. The molecule has 0 spiro atoms. The first-order valence-electron chi connectivity index (χ1n) is 8.47. The van der Waals surface area contributed by atoms with Crippen LogP contribution in [0.1, 0.15) is 34.9 Å². The van der Waals surface area contributed by atoms with Gasteiger partial charge in [0.15, 0.2) is 0 Å². The van der Waals surface area contributed by atoms with Gasteiger partial charge in [0, 0.05) is 26.2 Å². The van der Waals surface area contributed by atoms with Crippen molar-refractivity contribution in [3.05, 3.63) is 16.3 Å². The molecule has 1 aliphatic heterocycles. The van der Waals surface area contributed by atoms with E-state index in [0.717, 1.165) is 60.1 Å². The Kier molecular flexibility index (Phi) is 5.01. The number of carbonyl (C=O) groups is 1. The Balaban J connectivity index is 2.03. The molecule has 0 atom stereocenters. The number of ether oxygens (including phenoxy) is 1. The van der Waals surface area contributed by atoms with E-state index in [0.29, 0.717) is 11.5 Å². The van der Waals surface area contributed by atoms with Crippen molar-refractivity contribution in [2.45, 2.75) is 27.7 Å². The van der Waals surface area contributed by atoms with E-state index in [1.54, 1.807) is 0 Å². The molecule has 0 amide bonds. The van der Waals surface area contributed by atoms with Crippen molar-refractivity contribution in [1.29, 1.82) is 0 Å². The number of rotatable bonds is 4. The summed E-state index contributed by atoms with van der Waals surface area (Å²) in [6.07, 6.45) is 0. The molecule has 130 valence electrons. The van der Waals surface area contributed by atoms with Gasteiger partial charge in [-0.1, -0.05) is 6.92 Å². The van der Waals surface area contributed by atoms with Gasteiger partial charge in [0.1, 0.15) is 21.3 Å². The molecule has 2 aromatic heterocycles. The van der Waals surface area contributed by atoms with Gasteiger partial charge < -0.3 is 14.5 Å². The minimum absolute atomic E-state index is 0.266.